The Bertz CT molecular complexity index is 130. The zero-order valence-electron chi connectivity index (χ0n) is 7.71. The van der Waals surface area contributed by atoms with E-state index in [9.17, 15) is 0 Å². The van der Waals surface area contributed by atoms with Gasteiger partial charge in [-0.3, -0.25) is 0 Å². The third-order valence-corrected chi connectivity index (χ3v) is 3.37. The van der Waals surface area contributed by atoms with Gasteiger partial charge in [0.1, 0.15) is 0 Å². The number of hydrogen-bond acceptors (Lipinski definition) is 1. The minimum Gasteiger partial charge on any atom is -0.301 e. The molecule has 0 aromatic heterocycles. The standard InChI is InChI=1S/C10H19N/c1-8(2)11-5-3-9-7-10(9)4-6-11/h8-10H,3-7H2,1-2H3. The first kappa shape index (κ1) is 7.60. The van der Waals surface area contributed by atoms with Gasteiger partial charge in [0.25, 0.3) is 0 Å². The van der Waals surface area contributed by atoms with Crippen LogP contribution < -0.4 is 0 Å². The molecule has 1 heteroatoms. The second-order valence-electron chi connectivity index (χ2n) is 4.46. The van der Waals surface area contributed by atoms with Gasteiger partial charge in [0, 0.05) is 6.04 Å². The molecule has 2 unspecified atom stereocenters. The summed E-state index contributed by atoms with van der Waals surface area (Å²) in [7, 11) is 0. The number of hydrogen-bond donors (Lipinski definition) is 0. The van der Waals surface area contributed by atoms with Crippen LogP contribution in [0.1, 0.15) is 33.1 Å². The SMILES string of the molecule is CC(C)N1CCC2CC2CC1. The minimum absolute atomic E-state index is 0.771. The molecule has 1 nitrogen and oxygen atoms in total. The average Bonchev–Trinajstić information content (AvgIpc) is 2.60. The Kier molecular flexibility index (Phi) is 1.92. The molecule has 1 saturated carbocycles. The summed E-state index contributed by atoms with van der Waals surface area (Å²) in [4.78, 5) is 2.63. The van der Waals surface area contributed by atoms with Crippen LogP contribution in [0.25, 0.3) is 0 Å². The molecule has 0 N–H and O–H groups in total. The molecule has 1 aliphatic heterocycles. The van der Waals surface area contributed by atoms with E-state index in [1.807, 2.05) is 0 Å². The van der Waals surface area contributed by atoms with E-state index in [-0.39, 0.29) is 0 Å². The van der Waals surface area contributed by atoms with Crippen molar-refractivity contribution in [2.75, 3.05) is 13.1 Å². The van der Waals surface area contributed by atoms with Crippen LogP contribution in [-0.4, -0.2) is 24.0 Å². The Morgan fingerprint density at radius 3 is 2.09 bits per heavy atom. The van der Waals surface area contributed by atoms with E-state index >= 15 is 0 Å². The Labute approximate surface area is 69.8 Å². The summed E-state index contributed by atoms with van der Waals surface area (Å²) in [5.41, 5.74) is 0. The maximum Gasteiger partial charge on any atom is 0.00385 e. The Morgan fingerprint density at radius 2 is 1.64 bits per heavy atom. The first-order valence-corrected chi connectivity index (χ1v) is 5.01. The lowest BCUT2D eigenvalue weighted by atomic mass is 10.2. The molecule has 1 aliphatic carbocycles. The lowest BCUT2D eigenvalue weighted by Crippen LogP contribution is -2.32. The molecule has 0 spiro atoms. The smallest absolute Gasteiger partial charge is 0.00385 e. The molecule has 0 radical (unpaired) electrons. The van der Waals surface area contributed by atoms with E-state index in [1.54, 1.807) is 6.42 Å². The van der Waals surface area contributed by atoms with E-state index in [0.29, 0.717) is 0 Å². The number of likely N-dealkylation sites (tertiary alicyclic amines) is 1. The first-order chi connectivity index (χ1) is 5.27. The minimum atomic E-state index is 0.771. The third kappa shape index (κ3) is 1.58. The predicted octanol–water partition coefficient (Wildman–Crippen LogP) is 2.13. The summed E-state index contributed by atoms with van der Waals surface area (Å²) in [5, 5.41) is 0. The summed E-state index contributed by atoms with van der Waals surface area (Å²) < 4.78 is 0. The van der Waals surface area contributed by atoms with Crippen molar-refractivity contribution < 1.29 is 0 Å². The Morgan fingerprint density at radius 1 is 1.09 bits per heavy atom. The molecule has 2 fully saturated rings. The normalized spacial score (nSPS) is 38.5. The maximum absolute atomic E-state index is 2.63. The molecule has 11 heavy (non-hydrogen) atoms. The zero-order valence-corrected chi connectivity index (χ0v) is 7.71. The summed E-state index contributed by atoms with van der Waals surface area (Å²) in [6.45, 7) is 7.35. The Hall–Kier alpha value is -0.0400. The quantitative estimate of drug-likeness (QED) is 0.558. The molecule has 0 aromatic rings. The van der Waals surface area contributed by atoms with Gasteiger partial charge in [0.15, 0.2) is 0 Å². The summed E-state index contributed by atoms with van der Waals surface area (Å²) in [6, 6.07) is 0.771. The number of rotatable bonds is 1. The second kappa shape index (κ2) is 2.78. The highest BCUT2D eigenvalue weighted by molar-refractivity contribution is 4.90. The van der Waals surface area contributed by atoms with Gasteiger partial charge in [-0.05, 0) is 58.0 Å². The molecular formula is C10H19N. The molecule has 0 bridgehead atoms. The van der Waals surface area contributed by atoms with Gasteiger partial charge in [-0.15, -0.1) is 0 Å². The monoisotopic (exact) mass is 153 g/mol. The maximum atomic E-state index is 2.63. The van der Waals surface area contributed by atoms with Crippen LogP contribution in [0.4, 0.5) is 0 Å². The lowest BCUT2D eigenvalue weighted by Gasteiger charge is -2.24. The summed E-state index contributed by atoms with van der Waals surface area (Å²) >= 11 is 0. The van der Waals surface area contributed by atoms with Crippen molar-refractivity contribution >= 4 is 0 Å². The van der Waals surface area contributed by atoms with Gasteiger partial charge in [-0.2, -0.15) is 0 Å². The molecule has 2 aliphatic rings. The van der Waals surface area contributed by atoms with Gasteiger partial charge >= 0.3 is 0 Å². The molecule has 1 heterocycles. The lowest BCUT2D eigenvalue weighted by molar-refractivity contribution is 0.223. The Balaban J connectivity index is 1.86. The zero-order chi connectivity index (χ0) is 7.84. The molecule has 0 aromatic carbocycles. The molecule has 0 amide bonds. The topological polar surface area (TPSA) is 3.24 Å². The molecule has 2 atom stereocenters. The molecule has 2 rings (SSSR count). The number of fused-ring (bicyclic) bond motifs is 1. The van der Waals surface area contributed by atoms with Crippen molar-refractivity contribution in [1.29, 1.82) is 0 Å². The fraction of sp³-hybridized carbons (Fsp3) is 1.00. The van der Waals surface area contributed by atoms with Crippen LogP contribution in [-0.2, 0) is 0 Å². The van der Waals surface area contributed by atoms with Gasteiger partial charge in [-0.25, -0.2) is 0 Å². The van der Waals surface area contributed by atoms with Gasteiger partial charge < -0.3 is 4.90 Å². The highest BCUT2D eigenvalue weighted by Gasteiger charge is 2.38. The van der Waals surface area contributed by atoms with E-state index in [0.717, 1.165) is 17.9 Å². The third-order valence-electron chi connectivity index (χ3n) is 3.37. The van der Waals surface area contributed by atoms with Crippen molar-refractivity contribution in [3.8, 4) is 0 Å². The van der Waals surface area contributed by atoms with Crippen LogP contribution in [0.15, 0.2) is 0 Å². The summed E-state index contributed by atoms with van der Waals surface area (Å²) in [6.07, 6.45) is 4.50. The summed E-state index contributed by atoms with van der Waals surface area (Å²) in [5.74, 6) is 2.25. The fourth-order valence-corrected chi connectivity index (χ4v) is 2.31. The van der Waals surface area contributed by atoms with Crippen LogP contribution in [0.2, 0.25) is 0 Å². The van der Waals surface area contributed by atoms with E-state index < -0.39 is 0 Å². The predicted molar refractivity (Wildman–Crippen MR) is 47.5 cm³/mol. The number of nitrogens with zero attached hydrogens (tertiary/aromatic N) is 1. The van der Waals surface area contributed by atoms with Crippen LogP contribution in [0.3, 0.4) is 0 Å². The first-order valence-electron chi connectivity index (χ1n) is 5.01. The van der Waals surface area contributed by atoms with Crippen molar-refractivity contribution in [3.05, 3.63) is 0 Å². The largest absolute Gasteiger partial charge is 0.301 e. The van der Waals surface area contributed by atoms with E-state index in [1.165, 1.54) is 25.9 Å². The second-order valence-corrected chi connectivity index (χ2v) is 4.46. The van der Waals surface area contributed by atoms with Crippen LogP contribution in [0.5, 0.6) is 0 Å². The van der Waals surface area contributed by atoms with Crippen molar-refractivity contribution in [2.45, 2.75) is 39.2 Å². The van der Waals surface area contributed by atoms with Crippen LogP contribution >= 0.6 is 0 Å². The highest BCUT2D eigenvalue weighted by Crippen LogP contribution is 2.45. The molecule has 64 valence electrons. The van der Waals surface area contributed by atoms with Gasteiger partial charge in [-0.1, -0.05) is 0 Å². The average molecular weight is 153 g/mol. The van der Waals surface area contributed by atoms with E-state index in [4.69, 9.17) is 0 Å². The highest BCUT2D eigenvalue weighted by atomic mass is 15.1. The molecule has 1 saturated heterocycles. The van der Waals surface area contributed by atoms with E-state index in [2.05, 4.69) is 18.7 Å². The van der Waals surface area contributed by atoms with Crippen molar-refractivity contribution in [2.24, 2.45) is 11.8 Å². The molecular weight excluding hydrogens is 134 g/mol. The fourth-order valence-electron chi connectivity index (χ4n) is 2.31. The van der Waals surface area contributed by atoms with Crippen LogP contribution in [0, 0.1) is 11.8 Å². The van der Waals surface area contributed by atoms with Gasteiger partial charge in [0.2, 0.25) is 0 Å². The van der Waals surface area contributed by atoms with Crippen molar-refractivity contribution in [1.82, 2.24) is 4.90 Å². The van der Waals surface area contributed by atoms with Crippen molar-refractivity contribution in [3.63, 3.8) is 0 Å². The van der Waals surface area contributed by atoms with Gasteiger partial charge in [0.05, 0.1) is 0 Å².